The van der Waals surface area contributed by atoms with E-state index in [0.29, 0.717) is 5.52 Å². The Morgan fingerprint density at radius 1 is 1.05 bits per heavy atom. The number of fused-ring (bicyclic) bond motifs is 1. The third-order valence-electron chi connectivity index (χ3n) is 3.10. The molecular weight excluding hydrogens is 285 g/mol. The molecule has 0 saturated heterocycles. The van der Waals surface area contributed by atoms with E-state index in [2.05, 4.69) is 15.1 Å². The molecule has 0 aromatic carbocycles. The van der Waals surface area contributed by atoms with Crippen molar-refractivity contribution in [2.75, 3.05) is 0 Å². The summed E-state index contributed by atoms with van der Waals surface area (Å²) in [5.74, 6) is 0. The summed E-state index contributed by atoms with van der Waals surface area (Å²) >= 11 is 0. The summed E-state index contributed by atoms with van der Waals surface area (Å²) in [7, 11) is 0. The van der Waals surface area contributed by atoms with Gasteiger partial charge < -0.3 is 5.11 Å². The lowest BCUT2D eigenvalue weighted by molar-refractivity contribution is -0.139. The highest BCUT2D eigenvalue weighted by Crippen LogP contribution is 2.36. The predicted molar refractivity (Wildman–Crippen MR) is 66.3 cm³/mol. The van der Waals surface area contributed by atoms with Gasteiger partial charge in [-0.25, -0.2) is 4.52 Å². The monoisotopic (exact) mass is 294 g/mol. The molecule has 0 aliphatic rings. The molecule has 21 heavy (non-hydrogen) atoms. The van der Waals surface area contributed by atoms with Crippen molar-refractivity contribution in [1.82, 2.24) is 19.6 Å². The molecule has 3 aromatic rings. The Morgan fingerprint density at radius 3 is 2.57 bits per heavy atom. The van der Waals surface area contributed by atoms with Crippen LogP contribution in [0.4, 0.5) is 13.2 Å². The maximum Gasteiger partial charge on any atom is 0.416 e. The third-order valence-corrected chi connectivity index (χ3v) is 3.10. The normalized spacial score (nSPS) is 13.5. The van der Waals surface area contributed by atoms with E-state index in [0.717, 1.165) is 18.5 Å². The van der Waals surface area contributed by atoms with Gasteiger partial charge in [-0.3, -0.25) is 9.97 Å². The minimum absolute atomic E-state index is 0.238. The second-order valence-corrected chi connectivity index (χ2v) is 4.37. The first-order chi connectivity index (χ1) is 9.98. The summed E-state index contributed by atoms with van der Waals surface area (Å²) in [6.07, 6.45) is 1.76. The van der Waals surface area contributed by atoms with Gasteiger partial charge in [-0.2, -0.15) is 18.3 Å². The van der Waals surface area contributed by atoms with Crippen molar-refractivity contribution >= 4 is 5.52 Å². The zero-order valence-electron chi connectivity index (χ0n) is 10.5. The van der Waals surface area contributed by atoms with Gasteiger partial charge in [0.15, 0.2) is 0 Å². The first-order valence-corrected chi connectivity index (χ1v) is 5.95. The van der Waals surface area contributed by atoms with Crippen molar-refractivity contribution in [3.05, 3.63) is 59.9 Å². The topological polar surface area (TPSA) is 63.3 Å². The highest BCUT2D eigenvalue weighted by atomic mass is 19.4. The smallest absolute Gasteiger partial charge is 0.383 e. The summed E-state index contributed by atoms with van der Waals surface area (Å²) in [4.78, 5) is 7.55. The van der Waals surface area contributed by atoms with Crippen molar-refractivity contribution in [1.29, 1.82) is 0 Å². The summed E-state index contributed by atoms with van der Waals surface area (Å²) in [5, 5.41) is 14.3. The van der Waals surface area contributed by atoms with Crippen LogP contribution in [0.15, 0.2) is 43.2 Å². The van der Waals surface area contributed by atoms with Crippen molar-refractivity contribution in [2.45, 2.75) is 12.3 Å². The van der Waals surface area contributed by atoms with Crippen LogP contribution >= 0.6 is 0 Å². The average Bonchev–Trinajstić information content (AvgIpc) is 2.89. The Morgan fingerprint density at radius 2 is 1.81 bits per heavy atom. The Balaban J connectivity index is 2.13. The molecule has 0 aliphatic carbocycles. The molecule has 0 spiro atoms. The number of aliphatic hydroxyl groups is 1. The lowest BCUT2D eigenvalue weighted by Crippen LogP contribution is -2.13. The molecule has 1 atom stereocenters. The number of aliphatic hydroxyl groups excluding tert-OH is 1. The van der Waals surface area contributed by atoms with E-state index in [4.69, 9.17) is 0 Å². The van der Waals surface area contributed by atoms with Gasteiger partial charge >= 0.3 is 6.18 Å². The Labute approximate surface area is 116 Å². The Bertz CT molecular complexity index is 784. The fourth-order valence-electron chi connectivity index (χ4n) is 2.11. The van der Waals surface area contributed by atoms with E-state index in [9.17, 15) is 18.3 Å². The predicted octanol–water partition coefficient (Wildman–Crippen LogP) is 2.22. The van der Waals surface area contributed by atoms with Gasteiger partial charge in [-0.15, -0.1) is 0 Å². The average molecular weight is 294 g/mol. The molecule has 108 valence electrons. The molecule has 0 radical (unpaired) electrons. The van der Waals surface area contributed by atoms with Crippen LogP contribution in [0, 0.1) is 0 Å². The number of halogens is 3. The third kappa shape index (κ3) is 2.33. The van der Waals surface area contributed by atoms with Crippen LogP contribution in [0.5, 0.6) is 0 Å². The van der Waals surface area contributed by atoms with Crippen LogP contribution in [0.1, 0.15) is 22.8 Å². The summed E-state index contributed by atoms with van der Waals surface area (Å²) in [6, 6.07) is 0.836. The number of hydrogen-bond acceptors (Lipinski definition) is 4. The molecular formula is C13H9F3N4O. The highest BCUT2D eigenvalue weighted by Gasteiger charge is 2.35. The number of nitrogens with zero attached hydrogens (tertiary/aromatic N) is 4. The van der Waals surface area contributed by atoms with E-state index in [1.165, 1.54) is 23.1 Å². The van der Waals surface area contributed by atoms with E-state index in [1.54, 1.807) is 6.20 Å². The van der Waals surface area contributed by atoms with Gasteiger partial charge in [0.1, 0.15) is 6.10 Å². The Kier molecular flexibility index (Phi) is 3.09. The van der Waals surface area contributed by atoms with E-state index in [1.807, 2.05) is 0 Å². The lowest BCUT2D eigenvalue weighted by atomic mass is 10.00. The van der Waals surface area contributed by atoms with E-state index < -0.39 is 17.8 Å². The van der Waals surface area contributed by atoms with Crippen molar-refractivity contribution in [3.8, 4) is 0 Å². The zero-order chi connectivity index (χ0) is 15.0. The molecule has 0 saturated carbocycles. The molecule has 1 unspecified atom stereocenters. The molecule has 3 heterocycles. The van der Waals surface area contributed by atoms with E-state index in [-0.39, 0.29) is 11.1 Å². The quantitative estimate of drug-likeness (QED) is 0.787. The maximum absolute atomic E-state index is 13.0. The fourth-order valence-corrected chi connectivity index (χ4v) is 2.11. The summed E-state index contributed by atoms with van der Waals surface area (Å²) in [5.41, 5.74) is -0.569. The van der Waals surface area contributed by atoms with Crippen LogP contribution in [-0.4, -0.2) is 24.7 Å². The molecule has 0 aliphatic heterocycles. The van der Waals surface area contributed by atoms with Gasteiger partial charge in [0.05, 0.1) is 23.5 Å². The standard InChI is InChI=1S/C13H9F3N4O/c14-13(15,16)10-1-2-17-5-8(10)12(21)9-6-19-20-4-3-18-7-11(9)20/h1-7,12,21H. The number of alkyl halides is 3. The second-order valence-electron chi connectivity index (χ2n) is 4.37. The second kappa shape index (κ2) is 4.81. The van der Waals surface area contributed by atoms with Crippen molar-refractivity contribution in [3.63, 3.8) is 0 Å². The zero-order valence-corrected chi connectivity index (χ0v) is 10.5. The minimum Gasteiger partial charge on any atom is -0.383 e. The fraction of sp³-hybridized carbons (Fsp3) is 0.154. The molecule has 5 nitrogen and oxygen atoms in total. The first-order valence-electron chi connectivity index (χ1n) is 5.95. The number of pyridine rings is 1. The molecule has 8 heteroatoms. The van der Waals surface area contributed by atoms with Crippen molar-refractivity contribution in [2.24, 2.45) is 0 Å². The van der Waals surface area contributed by atoms with Crippen LogP contribution in [0.3, 0.4) is 0 Å². The SMILES string of the molecule is OC(c1cnccc1C(F)(F)F)c1cnn2ccncc12. The molecule has 0 amide bonds. The lowest BCUT2D eigenvalue weighted by Gasteiger charge is -2.16. The molecule has 0 fully saturated rings. The molecule has 3 rings (SSSR count). The minimum atomic E-state index is -4.57. The van der Waals surface area contributed by atoms with Gasteiger partial charge in [0.2, 0.25) is 0 Å². The summed E-state index contributed by atoms with van der Waals surface area (Å²) in [6.45, 7) is 0. The highest BCUT2D eigenvalue weighted by molar-refractivity contribution is 5.55. The van der Waals surface area contributed by atoms with Crippen LogP contribution in [0.25, 0.3) is 5.52 Å². The first kappa shape index (κ1) is 13.5. The Hall–Kier alpha value is -2.48. The van der Waals surface area contributed by atoms with Gasteiger partial charge in [-0.05, 0) is 6.07 Å². The van der Waals surface area contributed by atoms with Gasteiger partial charge in [-0.1, -0.05) is 0 Å². The van der Waals surface area contributed by atoms with Gasteiger partial charge in [0.25, 0.3) is 0 Å². The molecule has 1 N–H and O–H groups in total. The van der Waals surface area contributed by atoms with Crippen molar-refractivity contribution < 1.29 is 18.3 Å². The largest absolute Gasteiger partial charge is 0.416 e. The number of hydrogen-bond donors (Lipinski definition) is 1. The molecule has 0 bridgehead atoms. The number of aromatic nitrogens is 4. The van der Waals surface area contributed by atoms with Crippen LogP contribution in [-0.2, 0) is 6.18 Å². The maximum atomic E-state index is 13.0. The van der Waals surface area contributed by atoms with Crippen LogP contribution < -0.4 is 0 Å². The van der Waals surface area contributed by atoms with E-state index >= 15 is 0 Å². The van der Waals surface area contributed by atoms with Gasteiger partial charge in [0, 0.05) is 35.9 Å². The van der Waals surface area contributed by atoms with Crippen LogP contribution in [0.2, 0.25) is 0 Å². The molecule has 3 aromatic heterocycles. The summed E-state index contributed by atoms with van der Waals surface area (Å²) < 4.78 is 40.4. The number of rotatable bonds is 2.